The van der Waals surface area contributed by atoms with Crippen LogP contribution >= 0.6 is 0 Å². The number of hydrogen-bond acceptors (Lipinski definition) is 3. The van der Waals surface area contributed by atoms with E-state index < -0.39 is 0 Å². The zero-order chi connectivity index (χ0) is 10.8. The second-order valence-electron chi connectivity index (χ2n) is 3.46. The average molecular weight is 204 g/mol. The molecule has 2 rings (SSSR count). The fourth-order valence-corrected chi connectivity index (χ4v) is 1.31. The topological polar surface area (TPSA) is 48.0 Å². The predicted molar refractivity (Wildman–Crippen MR) is 55.8 cm³/mol. The summed E-state index contributed by atoms with van der Waals surface area (Å²) in [5.74, 6) is 1.50. The van der Waals surface area contributed by atoms with Crippen molar-refractivity contribution in [1.82, 2.24) is 9.55 Å². The quantitative estimate of drug-likeness (QED) is 0.744. The summed E-state index contributed by atoms with van der Waals surface area (Å²) in [6.45, 7) is 4.35. The first kappa shape index (κ1) is 9.71. The third-order valence-electron chi connectivity index (χ3n) is 2.25. The summed E-state index contributed by atoms with van der Waals surface area (Å²) in [5, 5.41) is 0. The lowest BCUT2D eigenvalue weighted by molar-refractivity contribution is 0.456. The second-order valence-corrected chi connectivity index (χ2v) is 3.46. The lowest BCUT2D eigenvalue weighted by Gasteiger charge is -2.00. The van der Waals surface area contributed by atoms with E-state index in [1.807, 2.05) is 18.4 Å². The first-order valence-corrected chi connectivity index (χ1v) is 4.74. The zero-order valence-electron chi connectivity index (χ0n) is 8.73. The molecule has 0 saturated heterocycles. The van der Waals surface area contributed by atoms with Crippen molar-refractivity contribution >= 4 is 0 Å². The molecular formula is C11H12N2O2. The van der Waals surface area contributed by atoms with Crippen LogP contribution in [0.1, 0.15) is 17.3 Å². The third kappa shape index (κ3) is 2.15. The summed E-state index contributed by atoms with van der Waals surface area (Å²) in [6.07, 6.45) is 3.44. The molecule has 0 fully saturated rings. The summed E-state index contributed by atoms with van der Waals surface area (Å²) >= 11 is 0. The van der Waals surface area contributed by atoms with E-state index in [-0.39, 0.29) is 5.43 Å². The minimum Gasteiger partial charge on any atom is -0.444 e. The van der Waals surface area contributed by atoms with Crippen molar-refractivity contribution in [1.29, 1.82) is 0 Å². The Morgan fingerprint density at radius 2 is 2.00 bits per heavy atom. The molecule has 0 aromatic carbocycles. The van der Waals surface area contributed by atoms with Crippen LogP contribution < -0.4 is 5.43 Å². The normalized spacial score (nSPS) is 10.5. The predicted octanol–water partition coefficient (Wildman–Crippen LogP) is 1.50. The Morgan fingerprint density at radius 1 is 1.33 bits per heavy atom. The van der Waals surface area contributed by atoms with Crippen molar-refractivity contribution in [3.05, 3.63) is 52.1 Å². The van der Waals surface area contributed by atoms with Crippen LogP contribution in [0.5, 0.6) is 0 Å². The number of oxazole rings is 1. The van der Waals surface area contributed by atoms with Gasteiger partial charge in [0.05, 0.1) is 12.2 Å². The highest BCUT2D eigenvalue weighted by Gasteiger charge is 2.04. The van der Waals surface area contributed by atoms with Gasteiger partial charge < -0.3 is 8.98 Å². The number of nitrogens with zero attached hydrogens (tertiary/aromatic N) is 2. The highest BCUT2D eigenvalue weighted by Crippen LogP contribution is 2.09. The minimum absolute atomic E-state index is 0.00557. The number of pyridine rings is 1. The first-order chi connectivity index (χ1) is 7.15. The van der Waals surface area contributed by atoms with E-state index >= 15 is 0 Å². The van der Waals surface area contributed by atoms with Gasteiger partial charge in [0.25, 0.3) is 0 Å². The summed E-state index contributed by atoms with van der Waals surface area (Å²) in [4.78, 5) is 15.1. The molecule has 15 heavy (non-hydrogen) atoms. The Balaban J connectivity index is 2.21. The van der Waals surface area contributed by atoms with Gasteiger partial charge in [0.2, 0.25) is 5.89 Å². The van der Waals surface area contributed by atoms with Crippen LogP contribution in [0.25, 0.3) is 0 Å². The maximum Gasteiger partial charge on any atom is 0.214 e. The van der Waals surface area contributed by atoms with Gasteiger partial charge in [0, 0.05) is 24.5 Å². The maximum absolute atomic E-state index is 10.9. The van der Waals surface area contributed by atoms with Gasteiger partial charge in [-0.25, -0.2) is 4.98 Å². The molecule has 78 valence electrons. The Hall–Kier alpha value is -1.84. The van der Waals surface area contributed by atoms with E-state index in [0.29, 0.717) is 12.4 Å². The Labute approximate surface area is 87.2 Å². The van der Waals surface area contributed by atoms with Crippen LogP contribution in [0, 0.1) is 13.8 Å². The van der Waals surface area contributed by atoms with Crippen LogP contribution in [0.15, 0.2) is 33.7 Å². The van der Waals surface area contributed by atoms with Crippen molar-refractivity contribution in [2.75, 3.05) is 0 Å². The highest BCUT2D eigenvalue weighted by molar-refractivity contribution is 5.06. The van der Waals surface area contributed by atoms with Crippen LogP contribution in [-0.4, -0.2) is 9.55 Å². The molecule has 0 unspecified atom stereocenters. The van der Waals surface area contributed by atoms with Crippen LogP contribution in [0.4, 0.5) is 0 Å². The molecule has 4 heteroatoms. The largest absolute Gasteiger partial charge is 0.444 e. The van der Waals surface area contributed by atoms with Crippen molar-refractivity contribution < 1.29 is 4.42 Å². The second kappa shape index (κ2) is 3.73. The molecule has 2 heterocycles. The van der Waals surface area contributed by atoms with Gasteiger partial charge in [-0.3, -0.25) is 4.79 Å². The van der Waals surface area contributed by atoms with Gasteiger partial charge in [-0.15, -0.1) is 0 Å². The molecule has 0 aliphatic heterocycles. The number of rotatable bonds is 2. The Kier molecular flexibility index (Phi) is 2.41. The number of hydrogen-bond donors (Lipinski definition) is 0. The summed E-state index contributed by atoms with van der Waals surface area (Å²) < 4.78 is 7.29. The van der Waals surface area contributed by atoms with Crippen LogP contribution in [-0.2, 0) is 6.54 Å². The van der Waals surface area contributed by atoms with Crippen molar-refractivity contribution in [3.63, 3.8) is 0 Å². The van der Waals surface area contributed by atoms with Crippen molar-refractivity contribution in [2.24, 2.45) is 0 Å². The molecule has 2 aromatic heterocycles. The molecule has 0 spiro atoms. The van der Waals surface area contributed by atoms with Crippen molar-refractivity contribution in [2.45, 2.75) is 20.4 Å². The fourth-order valence-electron chi connectivity index (χ4n) is 1.31. The Bertz CT molecular complexity index is 486. The molecule has 2 aromatic rings. The summed E-state index contributed by atoms with van der Waals surface area (Å²) in [7, 11) is 0. The molecule has 0 saturated carbocycles. The van der Waals surface area contributed by atoms with Gasteiger partial charge in [-0.1, -0.05) is 0 Å². The molecule has 0 N–H and O–H groups in total. The molecule has 0 bridgehead atoms. The van der Waals surface area contributed by atoms with E-state index in [1.165, 1.54) is 12.1 Å². The van der Waals surface area contributed by atoms with Gasteiger partial charge >= 0.3 is 0 Å². The monoisotopic (exact) mass is 204 g/mol. The van der Waals surface area contributed by atoms with Gasteiger partial charge in [-0.2, -0.15) is 0 Å². The third-order valence-corrected chi connectivity index (χ3v) is 2.25. The van der Waals surface area contributed by atoms with E-state index in [4.69, 9.17) is 4.42 Å². The molecular weight excluding hydrogens is 192 g/mol. The molecule has 0 radical (unpaired) electrons. The van der Waals surface area contributed by atoms with E-state index in [1.54, 1.807) is 12.4 Å². The van der Waals surface area contributed by atoms with Gasteiger partial charge in [0.1, 0.15) is 5.76 Å². The SMILES string of the molecule is Cc1nc(Cn2ccc(=O)cc2)oc1C. The first-order valence-electron chi connectivity index (χ1n) is 4.74. The molecule has 0 atom stereocenters. The average Bonchev–Trinajstić information content (AvgIpc) is 2.50. The number of aromatic nitrogens is 2. The molecule has 4 nitrogen and oxygen atoms in total. The molecule has 0 aliphatic carbocycles. The smallest absolute Gasteiger partial charge is 0.214 e. The van der Waals surface area contributed by atoms with Crippen LogP contribution in [0.2, 0.25) is 0 Å². The number of aryl methyl sites for hydroxylation is 2. The van der Waals surface area contributed by atoms with E-state index in [9.17, 15) is 4.79 Å². The molecule has 0 amide bonds. The highest BCUT2D eigenvalue weighted by atomic mass is 16.4. The minimum atomic E-state index is 0.00557. The van der Waals surface area contributed by atoms with Gasteiger partial charge in [-0.05, 0) is 13.8 Å². The summed E-state index contributed by atoms with van der Waals surface area (Å²) in [6, 6.07) is 3.03. The Morgan fingerprint density at radius 3 is 2.53 bits per heavy atom. The van der Waals surface area contributed by atoms with Gasteiger partial charge in [0.15, 0.2) is 5.43 Å². The fraction of sp³-hybridized carbons (Fsp3) is 0.273. The summed E-state index contributed by atoms with van der Waals surface area (Å²) in [5.41, 5.74) is 0.914. The standard InChI is InChI=1S/C11H12N2O2/c1-8-9(2)15-11(12-8)7-13-5-3-10(14)4-6-13/h3-6H,7H2,1-2H3. The zero-order valence-corrected chi connectivity index (χ0v) is 8.73. The lowest BCUT2D eigenvalue weighted by Crippen LogP contribution is -2.04. The van der Waals surface area contributed by atoms with Crippen LogP contribution in [0.3, 0.4) is 0 Å². The maximum atomic E-state index is 10.9. The van der Waals surface area contributed by atoms with Crippen molar-refractivity contribution in [3.8, 4) is 0 Å². The van der Waals surface area contributed by atoms with E-state index in [2.05, 4.69) is 4.98 Å². The lowest BCUT2D eigenvalue weighted by atomic mass is 10.4. The molecule has 0 aliphatic rings. The van der Waals surface area contributed by atoms with E-state index in [0.717, 1.165) is 11.5 Å².